The van der Waals surface area contributed by atoms with Gasteiger partial charge in [-0.3, -0.25) is 9.59 Å². The monoisotopic (exact) mass is 267 g/mol. The Morgan fingerprint density at radius 1 is 1.21 bits per heavy atom. The van der Waals surface area contributed by atoms with E-state index >= 15 is 0 Å². The van der Waals surface area contributed by atoms with Crippen LogP contribution in [-0.2, 0) is 4.79 Å². The summed E-state index contributed by atoms with van der Waals surface area (Å²) < 4.78 is 13.5. The van der Waals surface area contributed by atoms with Crippen molar-refractivity contribution in [1.29, 1.82) is 0 Å². The molecule has 0 heterocycles. The van der Waals surface area contributed by atoms with Gasteiger partial charge in [-0.15, -0.1) is 0 Å². The van der Waals surface area contributed by atoms with Crippen LogP contribution in [0.4, 0.5) is 4.39 Å². The number of carbonyl (C=O) groups is 2. The summed E-state index contributed by atoms with van der Waals surface area (Å²) in [7, 11) is 0. The minimum absolute atomic E-state index is 0.330. The molecule has 0 saturated carbocycles. The maximum atomic E-state index is 13.5. The quantitative estimate of drug-likeness (QED) is 0.879. The van der Waals surface area contributed by atoms with Gasteiger partial charge in [-0.1, -0.05) is 0 Å². The van der Waals surface area contributed by atoms with Crippen LogP contribution in [-0.4, -0.2) is 23.0 Å². The van der Waals surface area contributed by atoms with Crippen LogP contribution in [0, 0.1) is 25.6 Å². The lowest BCUT2D eigenvalue weighted by atomic mass is 10.0. The summed E-state index contributed by atoms with van der Waals surface area (Å²) in [6, 6.07) is 2.40. The highest BCUT2D eigenvalue weighted by Crippen LogP contribution is 2.15. The van der Waals surface area contributed by atoms with Gasteiger partial charge in [0.25, 0.3) is 5.91 Å². The van der Waals surface area contributed by atoms with Gasteiger partial charge in [0.05, 0.1) is 5.92 Å². The van der Waals surface area contributed by atoms with Gasteiger partial charge in [-0.2, -0.15) is 0 Å². The molecule has 0 aliphatic rings. The molecule has 1 amide bonds. The lowest BCUT2D eigenvalue weighted by molar-refractivity contribution is -0.141. The molecule has 4 nitrogen and oxygen atoms in total. The molecule has 0 saturated heterocycles. The molecule has 19 heavy (non-hydrogen) atoms. The van der Waals surface area contributed by atoms with Crippen LogP contribution in [0.2, 0.25) is 0 Å². The molecule has 0 radical (unpaired) electrons. The molecule has 5 heteroatoms. The van der Waals surface area contributed by atoms with Crippen LogP contribution in [0.1, 0.15) is 35.3 Å². The summed E-state index contributed by atoms with van der Waals surface area (Å²) >= 11 is 0. The number of amides is 1. The average Bonchev–Trinajstić information content (AvgIpc) is 2.33. The number of aryl methyl sites for hydroxylation is 2. The second-order valence-electron chi connectivity index (χ2n) is 4.81. The lowest BCUT2D eigenvalue weighted by Crippen LogP contribution is -2.40. The second-order valence-corrected chi connectivity index (χ2v) is 4.81. The Labute approximate surface area is 111 Å². The predicted octanol–water partition coefficient (Wildman–Crippen LogP) is 2.28. The van der Waals surface area contributed by atoms with E-state index in [9.17, 15) is 14.0 Å². The number of rotatable bonds is 4. The first-order valence-corrected chi connectivity index (χ1v) is 6.04. The molecule has 0 bridgehead atoms. The van der Waals surface area contributed by atoms with Crippen LogP contribution in [0.25, 0.3) is 0 Å². The Balaban J connectivity index is 2.87. The zero-order chi connectivity index (χ0) is 14.7. The minimum Gasteiger partial charge on any atom is -0.481 e. The summed E-state index contributed by atoms with van der Waals surface area (Å²) in [4.78, 5) is 22.8. The van der Waals surface area contributed by atoms with Gasteiger partial charge in [0.15, 0.2) is 0 Å². The third kappa shape index (κ3) is 3.53. The van der Waals surface area contributed by atoms with E-state index in [2.05, 4.69) is 5.32 Å². The summed E-state index contributed by atoms with van der Waals surface area (Å²) in [6.07, 6.45) is 0. The van der Waals surface area contributed by atoms with Gasteiger partial charge >= 0.3 is 5.97 Å². The molecule has 2 N–H and O–H groups in total. The van der Waals surface area contributed by atoms with E-state index in [1.54, 1.807) is 20.8 Å². The Bertz CT molecular complexity index is 490. The number of carboxylic acid groups (broad SMARTS) is 1. The second kappa shape index (κ2) is 5.82. The van der Waals surface area contributed by atoms with E-state index in [1.807, 2.05) is 0 Å². The van der Waals surface area contributed by atoms with Gasteiger partial charge < -0.3 is 10.4 Å². The van der Waals surface area contributed by atoms with Crippen molar-refractivity contribution in [2.45, 2.75) is 33.7 Å². The predicted molar refractivity (Wildman–Crippen MR) is 69.6 cm³/mol. The number of carbonyl (C=O) groups excluding carboxylic acids is 1. The lowest BCUT2D eigenvalue weighted by Gasteiger charge is -2.18. The standard InChI is InChI=1S/C14H18FNO3/c1-7-5-11(6-8(2)12(7)15)13(17)16-10(4)9(3)14(18)19/h5-6,9-10H,1-4H3,(H,16,17)(H,18,19). The van der Waals surface area contributed by atoms with Crippen LogP contribution in [0.5, 0.6) is 0 Å². The molecule has 2 unspecified atom stereocenters. The summed E-state index contributed by atoms with van der Waals surface area (Å²) in [5.74, 6) is -2.39. The third-order valence-corrected chi connectivity index (χ3v) is 3.20. The highest BCUT2D eigenvalue weighted by Gasteiger charge is 2.21. The highest BCUT2D eigenvalue weighted by molar-refractivity contribution is 5.95. The van der Waals surface area contributed by atoms with Crippen molar-refractivity contribution in [3.05, 3.63) is 34.6 Å². The number of carboxylic acids is 1. The summed E-state index contributed by atoms with van der Waals surface area (Å²) in [5.41, 5.74) is 1.12. The zero-order valence-electron chi connectivity index (χ0n) is 11.5. The molecule has 1 aromatic carbocycles. The Morgan fingerprint density at radius 3 is 2.11 bits per heavy atom. The normalized spacial score (nSPS) is 13.7. The molecule has 0 aliphatic carbocycles. The van der Waals surface area contributed by atoms with Crippen molar-refractivity contribution in [2.75, 3.05) is 0 Å². The number of halogens is 1. The smallest absolute Gasteiger partial charge is 0.308 e. The first-order chi connectivity index (χ1) is 8.73. The molecule has 0 aliphatic heterocycles. The summed E-state index contributed by atoms with van der Waals surface area (Å²) in [6.45, 7) is 6.32. The molecule has 1 rings (SSSR count). The minimum atomic E-state index is -0.973. The number of aliphatic carboxylic acids is 1. The molecule has 104 valence electrons. The van der Waals surface area contributed by atoms with Crippen LogP contribution < -0.4 is 5.32 Å². The van der Waals surface area contributed by atoms with E-state index in [4.69, 9.17) is 5.11 Å². The van der Waals surface area contributed by atoms with Gasteiger partial charge in [0.2, 0.25) is 0 Å². The molecule has 1 aromatic rings. The zero-order valence-corrected chi connectivity index (χ0v) is 11.5. The first-order valence-electron chi connectivity index (χ1n) is 6.04. The fourth-order valence-corrected chi connectivity index (χ4v) is 1.71. The SMILES string of the molecule is Cc1cc(C(=O)NC(C)C(C)C(=O)O)cc(C)c1F. The maximum Gasteiger partial charge on any atom is 0.308 e. The Morgan fingerprint density at radius 2 is 1.68 bits per heavy atom. The molecule has 0 fully saturated rings. The van der Waals surface area contributed by atoms with Crippen LogP contribution in [0.3, 0.4) is 0 Å². The number of nitrogens with one attached hydrogen (secondary N) is 1. The molecular formula is C14H18FNO3. The summed E-state index contributed by atoms with van der Waals surface area (Å²) in [5, 5.41) is 11.5. The van der Waals surface area contributed by atoms with Crippen LogP contribution in [0.15, 0.2) is 12.1 Å². The van der Waals surface area contributed by atoms with Gasteiger partial charge in [-0.05, 0) is 51.0 Å². The van der Waals surface area contributed by atoms with E-state index < -0.39 is 23.8 Å². The number of benzene rings is 1. The van der Waals surface area contributed by atoms with Crippen molar-refractivity contribution in [3.63, 3.8) is 0 Å². The van der Waals surface area contributed by atoms with E-state index in [1.165, 1.54) is 19.1 Å². The Kier molecular flexibility index (Phi) is 4.64. The fraction of sp³-hybridized carbons (Fsp3) is 0.429. The van der Waals surface area contributed by atoms with Gasteiger partial charge in [0, 0.05) is 11.6 Å². The number of hydrogen-bond acceptors (Lipinski definition) is 2. The van der Waals surface area contributed by atoms with Crippen molar-refractivity contribution in [2.24, 2.45) is 5.92 Å². The van der Waals surface area contributed by atoms with Crippen LogP contribution >= 0.6 is 0 Å². The maximum absolute atomic E-state index is 13.5. The van der Waals surface area contributed by atoms with Crippen molar-refractivity contribution in [1.82, 2.24) is 5.32 Å². The highest BCUT2D eigenvalue weighted by atomic mass is 19.1. The van der Waals surface area contributed by atoms with E-state index in [0.29, 0.717) is 16.7 Å². The molecule has 0 spiro atoms. The Hall–Kier alpha value is -1.91. The van der Waals surface area contributed by atoms with Crippen molar-refractivity contribution in [3.8, 4) is 0 Å². The average molecular weight is 267 g/mol. The third-order valence-electron chi connectivity index (χ3n) is 3.20. The van der Waals surface area contributed by atoms with E-state index in [-0.39, 0.29) is 5.82 Å². The van der Waals surface area contributed by atoms with Gasteiger partial charge in [-0.25, -0.2) is 4.39 Å². The van der Waals surface area contributed by atoms with E-state index in [0.717, 1.165) is 0 Å². The largest absolute Gasteiger partial charge is 0.481 e. The molecular weight excluding hydrogens is 249 g/mol. The van der Waals surface area contributed by atoms with Gasteiger partial charge in [0.1, 0.15) is 5.82 Å². The number of hydrogen-bond donors (Lipinski definition) is 2. The topological polar surface area (TPSA) is 66.4 Å². The first kappa shape index (κ1) is 15.1. The molecule has 0 aromatic heterocycles. The van der Waals surface area contributed by atoms with Crippen molar-refractivity contribution < 1.29 is 19.1 Å². The molecule has 2 atom stereocenters. The fourth-order valence-electron chi connectivity index (χ4n) is 1.71. The van der Waals surface area contributed by atoms with Crippen molar-refractivity contribution >= 4 is 11.9 Å².